The molecule has 0 aromatic rings. The van der Waals surface area contributed by atoms with Gasteiger partial charge in [-0.15, -0.1) is 0 Å². The summed E-state index contributed by atoms with van der Waals surface area (Å²) in [5.74, 6) is 0. The Morgan fingerprint density at radius 3 is 2.60 bits per heavy atom. The van der Waals surface area contributed by atoms with Crippen LogP contribution in [0.5, 0.6) is 0 Å². The fourth-order valence-corrected chi connectivity index (χ4v) is 0.662. The molecule has 0 aromatic heterocycles. The minimum Gasteiger partial charge on any atom is -0.381 e. The third-order valence-electron chi connectivity index (χ3n) is 1.15. The second-order valence-electron chi connectivity index (χ2n) is 2.45. The van der Waals surface area contributed by atoms with Crippen LogP contribution in [0.3, 0.4) is 0 Å². The SMILES string of the molecule is [B]N(C)CCCOCCC. The maximum Gasteiger partial charge on any atom is 0.182 e. The molecular formula is C7H16BNO. The molecule has 58 valence electrons. The van der Waals surface area contributed by atoms with Gasteiger partial charge in [-0.25, -0.2) is 0 Å². The molecule has 10 heavy (non-hydrogen) atoms. The summed E-state index contributed by atoms with van der Waals surface area (Å²) in [6.45, 7) is 4.71. The molecule has 0 atom stereocenters. The molecule has 0 bridgehead atoms. The van der Waals surface area contributed by atoms with Gasteiger partial charge >= 0.3 is 0 Å². The van der Waals surface area contributed by atoms with Gasteiger partial charge in [0.25, 0.3) is 0 Å². The van der Waals surface area contributed by atoms with E-state index in [1.165, 1.54) is 0 Å². The molecule has 0 N–H and O–H groups in total. The van der Waals surface area contributed by atoms with Gasteiger partial charge in [-0.1, -0.05) is 6.92 Å². The Balaban J connectivity index is 2.77. The maximum absolute atomic E-state index is 5.38. The molecule has 0 amide bonds. The summed E-state index contributed by atoms with van der Waals surface area (Å²) < 4.78 is 5.25. The lowest BCUT2D eigenvalue weighted by atomic mass is 10.3. The van der Waals surface area contributed by atoms with Gasteiger partial charge in [-0.2, -0.15) is 0 Å². The monoisotopic (exact) mass is 141 g/mol. The number of ether oxygens (including phenoxy) is 1. The Morgan fingerprint density at radius 2 is 2.10 bits per heavy atom. The topological polar surface area (TPSA) is 12.5 Å². The highest BCUT2D eigenvalue weighted by Gasteiger charge is 1.89. The van der Waals surface area contributed by atoms with Crippen molar-refractivity contribution >= 4 is 7.98 Å². The smallest absolute Gasteiger partial charge is 0.182 e. The van der Waals surface area contributed by atoms with Crippen LogP contribution in [0.25, 0.3) is 0 Å². The van der Waals surface area contributed by atoms with Crippen molar-refractivity contribution in [2.24, 2.45) is 0 Å². The van der Waals surface area contributed by atoms with Crippen LogP contribution in [0.1, 0.15) is 19.8 Å². The maximum atomic E-state index is 5.38. The Morgan fingerprint density at radius 1 is 1.40 bits per heavy atom. The summed E-state index contributed by atoms with van der Waals surface area (Å²) in [4.78, 5) is 1.68. The molecule has 0 saturated carbocycles. The fraction of sp³-hybridized carbons (Fsp3) is 1.00. The fourth-order valence-electron chi connectivity index (χ4n) is 0.662. The zero-order valence-corrected chi connectivity index (χ0v) is 6.97. The van der Waals surface area contributed by atoms with Gasteiger partial charge in [0.1, 0.15) is 0 Å². The van der Waals surface area contributed by atoms with Crippen LogP contribution in [0, 0.1) is 0 Å². The lowest BCUT2D eigenvalue weighted by Crippen LogP contribution is -2.16. The Hall–Kier alpha value is -0.0151. The van der Waals surface area contributed by atoms with E-state index in [2.05, 4.69) is 6.92 Å². The summed E-state index contributed by atoms with van der Waals surface area (Å²) >= 11 is 0. The molecule has 0 fully saturated rings. The molecule has 2 nitrogen and oxygen atoms in total. The van der Waals surface area contributed by atoms with E-state index in [1.807, 2.05) is 7.05 Å². The van der Waals surface area contributed by atoms with Crippen LogP contribution < -0.4 is 0 Å². The van der Waals surface area contributed by atoms with E-state index in [-0.39, 0.29) is 0 Å². The van der Waals surface area contributed by atoms with E-state index in [1.54, 1.807) is 4.81 Å². The second kappa shape index (κ2) is 7.10. The van der Waals surface area contributed by atoms with Crippen LogP contribution in [0.15, 0.2) is 0 Å². The standard InChI is InChI=1S/C7H16BNO/c1-3-6-10-7-4-5-9(2)8/h3-7H2,1-2H3. The lowest BCUT2D eigenvalue weighted by Gasteiger charge is -2.08. The molecule has 0 spiro atoms. The first-order valence-corrected chi connectivity index (χ1v) is 3.81. The molecule has 0 aliphatic carbocycles. The number of nitrogens with zero attached hydrogens (tertiary/aromatic N) is 1. The van der Waals surface area contributed by atoms with Crippen molar-refractivity contribution in [3.05, 3.63) is 0 Å². The Labute approximate surface area is 65.0 Å². The van der Waals surface area contributed by atoms with Crippen molar-refractivity contribution < 1.29 is 4.74 Å². The highest BCUT2D eigenvalue weighted by Crippen LogP contribution is 1.86. The number of hydrogen-bond acceptors (Lipinski definition) is 2. The molecule has 0 aliphatic rings. The molecule has 3 heteroatoms. The minimum atomic E-state index is 0.829. The third-order valence-corrected chi connectivity index (χ3v) is 1.15. The van der Waals surface area contributed by atoms with Crippen LogP contribution in [-0.2, 0) is 4.74 Å². The summed E-state index contributed by atoms with van der Waals surface area (Å²) in [7, 11) is 7.25. The van der Waals surface area contributed by atoms with Gasteiger partial charge < -0.3 is 9.55 Å². The van der Waals surface area contributed by atoms with Gasteiger partial charge in [0.05, 0.1) is 0 Å². The normalized spacial score (nSPS) is 10.7. The van der Waals surface area contributed by atoms with Crippen molar-refractivity contribution in [3.63, 3.8) is 0 Å². The first kappa shape index (κ1) is 9.98. The van der Waals surface area contributed by atoms with Gasteiger partial charge in [0, 0.05) is 13.2 Å². The van der Waals surface area contributed by atoms with Crippen LogP contribution >= 0.6 is 0 Å². The highest BCUT2D eigenvalue weighted by atomic mass is 16.5. The molecular weight excluding hydrogens is 125 g/mol. The van der Waals surface area contributed by atoms with E-state index in [4.69, 9.17) is 12.7 Å². The Bertz CT molecular complexity index is 68.6. The second-order valence-corrected chi connectivity index (χ2v) is 2.45. The number of hydrogen-bond donors (Lipinski definition) is 0. The number of rotatable bonds is 6. The zero-order chi connectivity index (χ0) is 7.82. The largest absolute Gasteiger partial charge is 0.381 e. The minimum absolute atomic E-state index is 0.829. The van der Waals surface area contributed by atoms with Gasteiger partial charge in [-0.05, 0) is 26.4 Å². The predicted molar refractivity (Wildman–Crippen MR) is 44.1 cm³/mol. The molecule has 0 aliphatic heterocycles. The summed E-state index contributed by atoms with van der Waals surface area (Å²) in [5.41, 5.74) is 0. The van der Waals surface area contributed by atoms with Crippen molar-refractivity contribution in [1.82, 2.24) is 4.81 Å². The summed E-state index contributed by atoms with van der Waals surface area (Å²) in [6.07, 6.45) is 2.12. The van der Waals surface area contributed by atoms with Gasteiger partial charge in [0.15, 0.2) is 7.98 Å². The van der Waals surface area contributed by atoms with Crippen molar-refractivity contribution in [1.29, 1.82) is 0 Å². The van der Waals surface area contributed by atoms with Crippen LogP contribution in [-0.4, -0.2) is 39.6 Å². The van der Waals surface area contributed by atoms with Crippen LogP contribution in [0.4, 0.5) is 0 Å². The lowest BCUT2D eigenvalue weighted by molar-refractivity contribution is 0.129. The molecule has 2 radical (unpaired) electrons. The van der Waals surface area contributed by atoms with E-state index < -0.39 is 0 Å². The van der Waals surface area contributed by atoms with Crippen molar-refractivity contribution in [2.75, 3.05) is 26.8 Å². The van der Waals surface area contributed by atoms with E-state index in [9.17, 15) is 0 Å². The summed E-state index contributed by atoms with van der Waals surface area (Å²) in [5, 5.41) is 0. The van der Waals surface area contributed by atoms with E-state index in [0.29, 0.717) is 0 Å². The molecule has 0 heterocycles. The highest BCUT2D eigenvalue weighted by molar-refractivity contribution is 6.04. The van der Waals surface area contributed by atoms with Crippen LogP contribution in [0.2, 0.25) is 0 Å². The first-order chi connectivity index (χ1) is 4.77. The molecule has 0 unspecified atom stereocenters. The van der Waals surface area contributed by atoms with Gasteiger partial charge in [-0.3, -0.25) is 0 Å². The van der Waals surface area contributed by atoms with E-state index >= 15 is 0 Å². The Kier molecular flexibility index (Phi) is 7.09. The zero-order valence-electron chi connectivity index (χ0n) is 6.97. The first-order valence-electron chi connectivity index (χ1n) is 3.81. The average molecular weight is 141 g/mol. The average Bonchev–Trinajstić information content (AvgIpc) is 1.87. The molecule has 0 aromatic carbocycles. The molecule has 0 rings (SSSR count). The van der Waals surface area contributed by atoms with Crippen molar-refractivity contribution in [2.45, 2.75) is 19.8 Å². The van der Waals surface area contributed by atoms with Crippen molar-refractivity contribution in [3.8, 4) is 0 Å². The third kappa shape index (κ3) is 7.98. The quantitative estimate of drug-likeness (QED) is 0.401. The molecule has 0 saturated heterocycles. The van der Waals surface area contributed by atoms with Gasteiger partial charge in [0.2, 0.25) is 0 Å². The summed E-state index contributed by atoms with van der Waals surface area (Å²) in [6, 6.07) is 0. The van der Waals surface area contributed by atoms with E-state index in [0.717, 1.165) is 32.6 Å². The predicted octanol–water partition coefficient (Wildman–Crippen LogP) is 0.818.